The number of aromatic nitrogens is 3. The third-order valence-electron chi connectivity index (χ3n) is 4.08. The second kappa shape index (κ2) is 7.33. The predicted molar refractivity (Wildman–Crippen MR) is 91.0 cm³/mol. The van der Waals surface area contributed by atoms with Crippen LogP contribution in [0, 0.1) is 0 Å². The average Bonchev–Trinajstić information content (AvgIpc) is 3.24. The molecular formula is C17H23N5O2. The van der Waals surface area contributed by atoms with Gasteiger partial charge in [0.2, 0.25) is 5.91 Å². The molecule has 0 unspecified atom stereocenters. The fraction of sp³-hybridized carbons (Fsp3) is 0.471. The molecule has 1 aliphatic rings. The van der Waals surface area contributed by atoms with Gasteiger partial charge in [-0.05, 0) is 18.2 Å². The number of rotatable bonds is 6. The zero-order chi connectivity index (χ0) is 16.9. The van der Waals surface area contributed by atoms with Gasteiger partial charge in [-0.2, -0.15) is 5.10 Å². The van der Waals surface area contributed by atoms with E-state index in [2.05, 4.69) is 10.1 Å². The molecular weight excluding hydrogens is 306 g/mol. The molecule has 1 aliphatic heterocycles. The van der Waals surface area contributed by atoms with Gasteiger partial charge in [-0.25, -0.2) is 4.98 Å². The van der Waals surface area contributed by atoms with Gasteiger partial charge < -0.3 is 14.5 Å². The summed E-state index contributed by atoms with van der Waals surface area (Å²) in [5.41, 5.74) is 0. The first-order valence-electron chi connectivity index (χ1n) is 8.17. The van der Waals surface area contributed by atoms with Gasteiger partial charge in [0.1, 0.15) is 6.10 Å². The smallest absolute Gasteiger partial charge is 0.224 e. The van der Waals surface area contributed by atoms with E-state index in [9.17, 15) is 4.79 Å². The second-order valence-corrected chi connectivity index (χ2v) is 6.11. The molecule has 1 saturated heterocycles. The minimum Gasteiger partial charge on any atom is -0.485 e. The summed E-state index contributed by atoms with van der Waals surface area (Å²) < 4.78 is 7.86. The van der Waals surface area contributed by atoms with E-state index in [0.717, 1.165) is 24.5 Å². The van der Waals surface area contributed by atoms with Crippen molar-refractivity contribution in [3.05, 3.63) is 36.8 Å². The molecule has 0 bridgehead atoms. The molecule has 2 aromatic rings. The number of hydrogen-bond acceptors (Lipinski definition) is 5. The molecule has 1 amide bonds. The van der Waals surface area contributed by atoms with Crippen LogP contribution in [0.1, 0.15) is 12.8 Å². The van der Waals surface area contributed by atoms with E-state index >= 15 is 0 Å². The molecule has 7 nitrogen and oxygen atoms in total. The number of likely N-dealkylation sites (tertiary alicyclic amines) is 1. The summed E-state index contributed by atoms with van der Waals surface area (Å²) in [7, 11) is 3.88. The maximum absolute atomic E-state index is 12.3. The Bertz CT molecular complexity index is 671. The summed E-state index contributed by atoms with van der Waals surface area (Å²) in [6.07, 6.45) is 6.66. The van der Waals surface area contributed by atoms with Crippen molar-refractivity contribution in [2.45, 2.75) is 25.5 Å². The lowest BCUT2D eigenvalue weighted by Crippen LogP contribution is -2.31. The van der Waals surface area contributed by atoms with Crippen molar-refractivity contribution in [1.29, 1.82) is 0 Å². The van der Waals surface area contributed by atoms with E-state index in [1.165, 1.54) is 0 Å². The lowest BCUT2D eigenvalue weighted by Gasteiger charge is -2.20. The fourth-order valence-electron chi connectivity index (χ4n) is 2.84. The van der Waals surface area contributed by atoms with Crippen molar-refractivity contribution in [3.8, 4) is 5.75 Å². The highest BCUT2D eigenvalue weighted by molar-refractivity contribution is 5.76. The highest BCUT2D eigenvalue weighted by atomic mass is 16.5. The van der Waals surface area contributed by atoms with Crippen LogP contribution in [0.2, 0.25) is 0 Å². The molecule has 3 heterocycles. The molecule has 128 valence electrons. The van der Waals surface area contributed by atoms with E-state index in [1.54, 1.807) is 17.1 Å². The number of nitrogens with zero attached hydrogens (tertiary/aromatic N) is 5. The fourth-order valence-corrected chi connectivity index (χ4v) is 2.84. The standard InChI is InChI=1S/C17H23N5O2/c1-20(2)17-15(5-3-8-18-17)24-14-6-11-21(13-14)16(23)7-12-22-10-4-9-19-22/h3-5,8-10,14H,6-7,11-13H2,1-2H3/t14-/m0/s1. The summed E-state index contributed by atoms with van der Waals surface area (Å²) in [6.45, 7) is 1.97. The Morgan fingerprint density at radius 1 is 1.38 bits per heavy atom. The number of aryl methyl sites for hydroxylation is 1. The zero-order valence-corrected chi connectivity index (χ0v) is 14.1. The van der Waals surface area contributed by atoms with Crippen LogP contribution in [-0.2, 0) is 11.3 Å². The van der Waals surface area contributed by atoms with E-state index in [0.29, 0.717) is 19.5 Å². The van der Waals surface area contributed by atoms with Gasteiger partial charge in [-0.1, -0.05) is 0 Å². The van der Waals surface area contributed by atoms with Gasteiger partial charge in [0.05, 0.1) is 6.54 Å². The Morgan fingerprint density at radius 2 is 2.25 bits per heavy atom. The van der Waals surface area contributed by atoms with Gasteiger partial charge in [-0.15, -0.1) is 0 Å². The molecule has 24 heavy (non-hydrogen) atoms. The molecule has 3 rings (SSSR count). The van der Waals surface area contributed by atoms with E-state index in [-0.39, 0.29) is 12.0 Å². The van der Waals surface area contributed by atoms with Crippen molar-refractivity contribution < 1.29 is 9.53 Å². The number of amides is 1. The SMILES string of the molecule is CN(C)c1ncccc1O[C@H]1CCN(C(=O)CCn2cccn2)C1. The molecule has 2 aromatic heterocycles. The monoisotopic (exact) mass is 329 g/mol. The van der Waals surface area contributed by atoms with Crippen LogP contribution in [0.3, 0.4) is 0 Å². The van der Waals surface area contributed by atoms with Crippen molar-refractivity contribution in [3.63, 3.8) is 0 Å². The number of ether oxygens (including phenoxy) is 1. The minimum atomic E-state index is 0.0153. The molecule has 0 saturated carbocycles. The summed E-state index contributed by atoms with van der Waals surface area (Å²) in [5, 5.41) is 4.12. The predicted octanol–water partition coefficient (Wildman–Crippen LogP) is 1.41. The van der Waals surface area contributed by atoms with Gasteiger partial charge in [0.15, 0.2) is 11.6 Å². The van der Waals surface area contributed by atoms with Gasteiger partial charge in [0.25, 0.3) is 0 Å². The van der Waals surface area contributed by atoms with Gasteiger partial charge in [0, 0.05) is 58.6 Å². The average molecular weight is 329 g/mol. The first-order chi connectivity index (χ1) is 11.6. The molecule has 7 heteroatoms. The molecule has 1 atom stereocenters. The molecule has 0 aromatic carbocycles. The van der Waals surface area contributed by atoms with Crippen LogP contribution >= 0.6 is 0 Å². The van der Waals surface area contributed by atoms with Crippen molar-refractivity contribution >= 4 is 11.7 Å². The summed E-state index contributed by atoms with van der Waals surface area (Å²) >= 11 is 0. The number of carbonyl (C=O) groups excluding carboxylic acids is 1. The zero-order valence-electron chi connectivity index (χ0n) is 14.1. The quantitative estimate of drug-likeness (QED) is 0.802. The highest BCUT2D eigenvalue weighted by Gasteiger charge is 2.28. The Hall–Kier alpha value is -2.57. The first kappa shape index (κ1) is 16.3. The number of carbonyl (C=O) groups is 1. The molecule has 1 fully saturated rings. The third kappa shape index (κ3) is 3.84. The summed E-state index contributed by atoms with van der Waals surface area (Å²) in [6, 6.07) is 5.65. The van der Waals surface area contributed by atoms with Crippen molar-refractivity contribution in [2.24, 2.45) is 0 Å². The van der Waals surface area contributed by atoms with Crippen LogP contribution < -0.4 is 9.64 Å². The number of pyridine rings is 1. The van der Waals surface area contributed by atoms with Crippen LogP contribution in [0.25, 0.3) is 0 Å². The topological polar surface area (TPSA) is 63.5 Å². The Morgan fingerprint density at radius 3 is 3.00 bits per heavy atom. The first-order valence-corrected chi connectivity index (χ1v) is 8.17. The molecule has 0 spiro atoms. The van der Waals surface area contributed by atoms with E-state index in [1.807, 2.05) is 48.3 Å². The Kier molecular flexibility index (Phi) is 4.98. The Balaban J connectivity index is 1.53. The van der Waals surface area contributed by atoms with Gasteiger partial charge in [-0.3, -0.25) is 9.48 Å². The van der Waals surface area contributed by atoms with Crippen molar-refractivity contribution in [1.82, 2.24) is 19.7 Å². The van der Waals surface area contributed by atoms with Gasteiger partial charge >= 0.3 is 0 Å². The van der Waals surface area contributed by atoms with E-state index < -0.39 is 0 Å². The molecule has 0 aliphatic carbocycles. The van der Waals surface area contributed by atoms with E-state index in [4.69, 9.17) is 4.74 Å². The second-order valence-electron chi connectivity index (χ2n) is 6.11. The lowest BCUT2D eigenvalue weighted by molar-refractivity contribution is -0.130. The third-order valence-corrected chi connectivity index (χ3v) is 4.08. The largest absolute Gasteiger partial charge is 0.485 e. The minimum absolute atomic E-state index is 0.0153. The lowest BCUT2D eigenvalue weighted by atomic mass is 10.3. The highest BCUT2D eigenvalue weighted by Crippen LogP contribution is 2.26. The normalized spacial score (nSPS) is 17.1. The number of anilines is 1. The van der Waals surface area contributed by atoms with Crippen LogP contribution in [-0.4, -0.2) is 58.9 Å². The molecule has 0 radical (unpaired) electrons. The maximum Gasteiger partial charge on any atom is 0.224 e. The molecule has 0 N–H and O–H groups in total. The maximum atomic E-state index is 12.3. The number of hydrogen-bond donors (Lipinski definition) is 0. The summed E-state index contributed by atoms with van der Waals surface area (Å²) in [4.78, 5) is 20.5. The van der Waals surface area contributed by atoms with Crippen LogP contribution in [0.4, 0.5) is 5.82 Å². The Labute approximate surface area is 141 Å². The summed E-state index contributed by atoms with van der Waals surface area (Å²) in [5.74, 6) is 1.72. The van der Waals surface area contributed by atoms with Crippen LogP contribution in [0.5, 0.6) is 5.75 Å². The van der Waals surface area contributed by atoms with Crippen molar-refractivity contribution in [2.75, 3.05) is 32.1 Å². The van der Waals surface area contributed by atoms with Crippen LogP contribution in [0.15, 0.2) is 36.8 Å².